The van der Waals surface area contributed by atoms with Gasteiger partial charge in [-0.15, -0.1) is 0 Å². The molecular weight excluding hydrogens is 248 g/mol. The van der Waals surface area contributed by atoms with Crippen molar-refractivity contribution >= 4 is 11.8 Å². The van der Waals surface area contributed by atoms with Gasteiger partial charge in [0.15, 0.2) is 5.60 Å². The molecule has 1 heterocycles. The summed E-state index contributed by atoms with van der Waals surface area (Å²) in [6, 6.07) is 0. The molecule has 0 unspecified atom stereocenters. The summed E-state index contributed by atoms with van der Waals surface area (Å²) in [7, 11) is 1.23. The maximum Gasteiger partial charge on any atom is 0.345 e. The molecule has 0 aromatic rings. The smallest absolute Gasteiger partial charge is 0.345 e. The Balaban J connectivity index is 2.77. The van der Waals surface area contributed by atoms with E-state index in [0.29, 0.717) is 12.8 Å². The molecule has 0 aromatic heterocycles. The predicted molar refractivity (Wildman–Crippen MR) is 69.3 cm³/mol. The molecular formula is C14H20O5. The lowest BCUT2D eigenvalue weighted by atomic mass is 9.96. The number of carbonyl (C=O) groups is 2. The SMILES string of the molecule is COC(=O)C1=C(C)O[C@](C)(/C=C/CC[C@H](C)O)C1=O. The van der Waals surface area contributed by atoms with Crippen LogP contribution in [0.3, 0.4) is 0 Å². The number of ether oxygens (including phenoxy) is 2. The monoisotopic (exact) mass is 268 g/mol. The minimum absolute atomic E-state index is 0.0369. The fraction of sp³-hybridized carbons (Fsp3) is 0.571. The number of methoxy groups -OCH3 is 1. The standard InChI is InChI=1S/C14H20O5/c1-9(15)7-5-6-8-14(3)12(16)11(10(2)19-14)13(17)18-4/h6,8-9,15H,5,7H2,1-4H3/b8-6+/t9-,14+/m0/s1. The van der Waals surface area contributed by atoms with Crippen LogP contribution in [0.25, 0.3) is 0 Å². The summed E-state index contributed by atoms with van der Waals surface area (Å²) in [5.41, 5.74) is -1.20. The van der Waals surface area contributed by atoms with E-state index in [1.165, 1.54) is 7.11 Å². The number of aliphatic hydroxyl groups is 1. The number of esters is 1. The Hall–Kier alpha value is -1.62. The van der Waals surface area contributed by atoms with Gasteiger partial charge in [-0.1, -0.05) is 6.08 Å². The lowest BCUT2D eigenvalue weighted by Gasteiger charge is -2.18. The van der Waals surface area contributed by atoms with Crippen LogP contribution < -0.4 is 0 Å². The zero-order valence-corrected chi connectivity index (χ0v) is 11.7. The van der Waals surface area contributed by atoms with Crippen LogP contribution in [-0.2, 0) is 19.1 Å². The topological polar surface area (TPSA) is 72.8 Å². The second-order valence-electron chi connectivity index (χ2n) is 4.79. The molecule has 0 amide bonds. The van der Waals surface area contributed by atoms with Gasteiger partial charge in [0.2, 0.25) is 5.78 Å². The largest absolute Gasteiger partial charge is 0.479 e. The van der Waals surface area contributed by atoms with Crippen LogP contribution in [0.1, 0.15) is 33.6 Å². The fourth-order valence-corrected chi connectivity index (χ4v) is 1.92. The Morgan fingerprint density at radius 1 is 1.58 bits per heavy atom. The fourth-order valence-electron chi connectivity index (χ4n) is 1.92. The van der Waals surface area contributed by atoms with E-state index in [1.54, 1.807) is 32.9 Å². The van der Waals surface area contributed by atoms with Crippen molar-refractivity contribution in [3.05, 3.63) is 23.5 Å². The third-order valence-corrected chi connectivity index (χ3v) is 2.97. The molecule has 0 radical (unpaired) electrons. The molecule has 0 aliphatic carbocycles. The number of aliphatic hydroxyl groups excluding tert-OH is 1. The van der Waals surface area contributed by atoms with Gasteiger partial charge in [-0.3, -0.25) is 4.79 Å². The molecule has 0 saturated heterocycles. The van der Waals surface area contributed by atoms with Crippen LogP contribution in [-0.4, -0.2) is 35.7 Å². The summed E-state index contributed by atoms with van der Waals surface area (Å²) in [6.07, 6.45) is 4.26. The van der Waals surface area contributed by atoms with Crippen molar-refractivity contribution in [2.24, 2.45) is 0 Å². The molecule has 0 bridgehead atoms. The van der Waals surface area contributed by atoms with Crippen molar-refractivity contribution in [2.75, 3.05) is 7.11 Å². The maximum atomic E-state index is 12.2. The first kappa shape index (κ1) is 15.4. The van der Waals surface area contributed by atoms with Crippen molar-refractivity contribution in [2.45, 2.75) is 45.3 Å². The highest BCUT2D eigenvalue weighted by Crippen LogP contribution is 2.32. The molecule has 1 N–H and O–H groups in total. The highest BCUT2D eigenvalue weighted by Gasteiger charge is 2.45. The van der Waals surface area contributed by atoms with Crippen LogP contribution in [0.5, 0.6) is 0 Å². The van der Waals surface area contributed by atoms with Gasteiger partial charge in [-0.05, 0) is 39.7 Å². The Morgan fingerprint density at radius 3 is 2.74 bits per heavy atom. The maximum absolute atomic E-state index is 12.2. The molecule has 1 aliphatic rings. The minimum atomic E-state index is -1.16. The zero-order valence-electron chi connectivity index (χ0n) is 11.7. The van der Waals surface area contributed by atoms with Crippen molar-refractivity contribution in [3.63, 3.8) is 0 Å². The minimum Gasteiger partial charge on any atom is -0.479 e. The van der Waals surface area contributed by atoms with E-state index < -0.39 is 17.4 Å². The molecule has 0 fully saturated rings. The summed E-state index contributed by atoms with van der Waals surface area (Å²) in [5.74, 6) is -0.798. The molecule has 5 heteroatoms. The Labute approximate surface area is 112 Å². The zero-order chi connectivity index (χ0) is 14.6. The molecule has 106 valence electrons. The van der Waals surface area contributed by atoms with Gasteiger partial charge < -0.3 is 14.6 Å². The highest BCUT2D eigenvalue weighted by atomic mass is 16.5. The summed E-state index contributed by atoms with van der Waals surface area (Å²) in [5, 5.41) is 9.15. The molecule has 5 nitrogen and oxygen atoms in total. The first-order valence-corrected chi connectivity index (χ1v) is 6.20. The first-order chi connectivity index (χ1) is 8.81. The lowest BCUT2D eigenvalue weighted by Crippen LogP contribution is -2.33. The van der Waals surface area contributed by atoms with Gasteiger partial charge in [0.25, 0.3) is 0 Å². The highest BCUT2D eigenvalue weighted by molar-refractivity contribution is 6.22. The molecule has 0 spiro atoms. The van der Waals surface area contributed by atoms with Gasteiger partial charge >= 0.3 is 5.97 Å². The molecule has 1 aliphatic heterocycles. The molecule has 0 aromatic carbocycles. The molecule has 2 atom stereocenters. The van der Waals surface area contributed by atoms with Crippen LogP contribution in [0.4, 0.5) is 0 Å². The van der Waals surface area contributed by atoms with Crippen molar-refractivity contribution in [1.82, 2.24) is 0 Å². The average molecular weight is 268 g/mol. The van der Waals surface area contributed by atoms with E-state index in [4.69, 9.17) is 9.84 Å². The van der Waals surface area contributed by atoms with Gasteiger partial charge in [0.05, 0.1) is 13.2 Å². The van der Waals surface area contributed by atoms with Crippen LogP contribution in [0.2, 0.25) is 0 Å². The van der Waals surface area contributed by atoms with Crippen LogP contribution in [0.15, 0.2) is 23.5 Å². The normalized spacial score (nSPS) is 24.8. The summed E-state index contributed by atoms with van der Waals surface area (Å²) < 4.78 is 10.1. The second-order valence-corrected chi connectivity index (χ2v) is 4.79. The summed E-state index contributed by atoms with van der Waals surface area (Å²) >= 11 is 0. The van der Waals surface area contributed by atoms with Gasteiger partial charge in [0, 0.05) is 0 Å². The Morgan fingerprint density at radius 2 is 2.21 bits per heavy atom. The molecule has 0 saturated carbocycles. The van der Waals surface area contributed by atoms with Gasteiger partial charge in [-0.2, -0.15) is 0 Å². The molecule has 1 rings (SSSR count). The third-order valence-electron chi connectivity index (χ3n) is 2.97. The van der Waals surface area contributed by atoms with E-state index in [0.717, 1.165) is 0 Å². The quantitative estimate of drug-likeness (QED) is 0.465. The number of ketones is 1. The van der Waals surface area contributed by atoms with Crippen molar-refractivity contribution in [3.8, 4) is 0 Å². The van der Waals surface area contributed by atoms with E-state index in [9.17, 15) is 9.59 Å². The second kappa shape index (κ2) is 6.02. The number of rotatable bonds is 5. The summed E-state index contributed by atoms with van der Waals surface area (Å²) in [4.78, 5) is 23.7. The first-order valence-electron chi connectivity index (χ1n) is 6.20. The number of carbonyl (C=O) groups excluding carboxylic acids is 2. The predicted octanol–water partition coefficient (Wildman–Crippen LogP) is 1.51. The van der Waals surface area contributed by atoms with E-state index in [-0.39, 0.29) is 17.4 Å². The van der Waals surface area contributed by atoms with Crippen molar-refractivity contribution < 1.29 is 24.2 Å². The number of Topliss-reactive ketones (excluding diaryl/α,β-unsaturated/α-hetero) is 1. The number of hydrogen-bond acceptors (Lipinski definition) is 5. The van der Waals surface area contributed by atoms with E-state index in [2.05, 4.69) is 4.74 Å². The number of hydrogen-bond donors (Lipinski definition) is 1. The lowest BCUT2D eigenvalue weighted by molar-refractivity contribution is -0.138. The van der Waals surface area contributed by atoms with E-state index >= 15 is 0 Å². The van der Waals surface area contributed by atoms with Gasteiger partial charge in [0.1, 0.15) is 11.3 Å². The van der Waals surface area contributed by atoms with Crippen molar-refractivity contribution in [1.29, 1.82) is 0 Å². The van der Waals surface area contributed by atoms with E-state index in [1.807, 2.05) is 0 Å². The number of allylic oxidation sites excluding steroid dienone is 2. The Kier molecular flexibility index (Phi) is 4.89. The van der Waals surface area contributed by atoms with Crippen LogP contribution in [0, 0.1) is 0 Å². The third kappa shape index (κ3) is 3.44. The van der Waals surface area contributed by atoms with Crippen LogP contribution >= 0.6 is 0 Å². The average Bonchev–Trinajstić information content (AvgIpc) is 2.55. The summed E-state index contributed by atoms with van der Waals surface area (Å²) in [6.45, 7) is 4.88. The molecule has 19 heavy (non-hydrogen) atoms. The van der Waals surface area contributed by atoms with Gasteiger partial charge in [-0.25, -0.2) is 4.79 Å². The Bertz CT molecular complexity index is 433.